The van der Waals surface area contributed by atoms with Gasteiger partial charge in [0.25, 0.3) is 0 Å². The molecule has 1 N–H and O–H groups in total. The van der Waals surface area contributed by atoms with E-state index in [0.717, 1.165) is 30.7 Å². The van der Waals surface area contributed by atoms with Crippen LogP contribution in [0.5, 0.6) is 0 Å². The van der Waals surface area contributed by atoms with Crippen LogP contribution in [0, 0.1) is 11.8 Å². The van der Waals surface area contributed by atoms with E-state index in [2.05, 4.69) is 15.2 Å². The molecule has 2 fully saturated rings. The van der Waals surface area contributed by atoms with E-state index >= 15 is 0 Å². The Morgan fingerprint density at radius 3 is 2.71 bits per heavy atom. The average molecular weight is 242 g/mol. The topological polar surface area (TPSA) is 33.1 Å². The number of rotatable bonds is 3. The van der Waals surface area contributed by atoms with E-state index in [1.807, 2.05) is 0 Å². The Morgan fingerprint density at radius 2 is 2.06 bits per heavy atom. The second kappa shape index (κ2) is 4.34. The van der Waals surface area contributed by atoms with Crippen molar-refractivity contribution in [1.29, 1.82) is 0 Å². The summed E-state index contributed by atoms with van der Waals surface area (Å²) in [5.74, 6) is 1.84. The SMILES string of the molecule is FC(F)n1ccnc1CN1C[C@H]2CNC[C@H]2C1. The first-order chi connectivity index (χ1) is 8.24. The van der Waals surface area contributed by atoms with Gasteiger partial charge in [0.15, 0.2) is 0 Å². The molecule has 4 nitrogen and oxygen atoms in total. The summed E-state index contributed by atoms with van der Waals surface area (Å²) in [5.41, 5.74) is 0. The van der Waals surface area contributed by atoms with Crippen molar-refractivity contribution in [2.75, 3.05) is 26.2 Å². The minimum atomic E-state index is -2.49. The van der Waals surface area contributed by atoms with Gasteiger partial charge in [-0.3, -0.25) is 9.47 Å². The first kappa shape index (κ1) is 11.1. The van der Waals surface area contributed by atoms with Gasteiger partial charge in [-0.05, 0) is 24.9 Å². The molecule has 3 heterocycles. The molecular formula is C11H16F2N4. The highest BCUT2D eigenvalue weighted by Gasteiger charge is 2.36. The Balaban J connectivity index is 1.65. The fourth-order valence-corrected chi connectivity index (χ4v) is 2.93. The van der Waals surface area contributed by atoms with Gasteiger partial charge in [0.05, 0.1) is 6.54 Å². The molecule has 0 saturated carbocycles. The summed E-state index contributed by atoms with van der Waals surface area (Å²) in [6.07, 6.45) is 2.79. The maximum absolute atomic E-state index is 12.7. The fraction of sp³-hybridized carbons (Fsp3) is 0.727. The van der Waals surface area contributed by atoms with Crippen LogP contribution in [0.25, 0.3) is 0 Å². The Kier molecular flexibility index (Phi) is 2.84. The number of hydrogen-bond acceptors (Lipinski definition) is 3. The van der Waals surface area contributed by atoms with Gasteiger partial charge in [-0.15, -0.1) is 0 Å². The summed E-state index contributed by atoms with van der Waals surface area (Å²) >= 11 is 0. The van der Waals surface area contributed by atoms with Crippen LogP contribution in [-0.4, -0.2) is 40.6 Å². The van der Waals surface area contributed by atoms with Crippen LogP contribution in [0.2, 0.25) is 0 Å². The number of fused-ring (bicyclic) bond motifs is 1. The molecule has 94 valence electrons. The minimum absolute atomic E-state index is 0.466. The van der Waals surface area contributed by atoms with E-state index < -0.39 is 6.55 Å². The molecule has 2 atom stereocenters. The predicted molar refractivity (Wildman–Crippen MR) is 58.6 cm³/mol. The van der Waals surface area contributed by atoms with Crippen LogP contribution < -0.4 is 5.32 Å². The zero-order valence-electron chi connectivity index (χ0n) is 9.52. The van der Waals surface area contributed by atoms with Crippen LogP contribution >= 0.6 is 0 Å². The highest BCUT2D eigenvalue weighted by molar-refractivity contribution is 4.97. The van der Waals surface area contributed by atoms with Gasteiger partial charge in [0.1, 0.15) is 5.82 Å². The summed E-state index contributed by atoms with van der Waals surface area (Å²) < 4.78 is 26.3. The number of alkyl halides is 2. The van der Waals surface area contributed by atoms with Gasteiger partial charge >= 0.3 is 6.55 Å². The molecule has 1 aromatic rings. The fourth-order valence-electron chi connectivity index (χ4n) is 2.93. The van der Waals surface area contributed by atoms with Crippen LogP contribution in [0.4, 0.5) is 8.78 Å². The molecule has 0 aromatic carbocycles. The normalized spacial score (nSPS) is 29.1. The van der Waals surface area contributed by atoms with Gasteiger partial charge in [0.2, 0.25) is 0 Å². The summed E-state index contributed by atoms with van der Waals surface area (Å²) in [6.45, 7) is 2.15. The lowest BCUT2D eigenvalue weighted by Gasteiger charge is -2.17. The third-order valence-corrected chi connectivity index (χ3v) is 3.79. The molecule has 0 unspecified atom stereocenters. The lowest BCUT2D eigenvalue weighted by Crippen LogP contribution is -2.26. The van der Waals surface area contributed by atoms with Gasteiger partial charge in [-0.25, -0.2) is 4.98 Å². The van der Waals surface area contributed by atoms with E-state index in [4.69, 9.17) is 0 Å². The molecule has 2 saturated heterocycles. The molecule has 0 aliphatic carbocycles. The molecule has 3 rings (SSSR count). The second-order valence-corrected chi connectivity index (χ2v) is 4.90. The summed E-state index contributed by atoms with van der Waals surface area (Å²) in [4.78, 5) is 6.25. The van der Waals surface area contributed by atoms with E-state index in [9.17, 15) is 8.78 Å². The average Bonchev–Trinajstić information content (AvgIpc) is 2.91. The number of nitrogens with one attached hydrogen (secondary N) is 1. The van der Waals surface area contributed by atoms with Crippen molar-refractivity contribution in [3.8, 4) is 0 Å². The van der Waals surface area contributed by atoms with E-state index in [1.165, 1.54) is 12.4 Å². The standard InChI is InChI=1S/C11H16F2N4/c12-11(13)17-2-1-15-10(17)7-16-5-8-3-14-4-9(8)6-16/h1-2,8-9,11,14H,3-7H2/t8-,9+. The number of nitrogens with zero attached hydrogens (tertiary/aromatic N) is 3. The maximum atomic E-state index is 12.7. The van der Waals surface area contributed by atoms with Crippen molar-refractivity contribution in [1.82, 2.24) is 19.8 Å². The Hall–Kier alpha value is -1.01. The quantitative estimate of drug-likeness (QED) is 0.856. The molecule has 17 heavy (non-hydrogen) atoms. The van der Waals surface area contributed by atoms with Gasteiger partial charge < -0.3 is 5.32 Å². The monoisotopic (exact) mass is 242 g/mol. The van der Waals surface area contributed by atoms with E-state index in [-0.39, 0.29) is 0 Å². The highest BCUT2D eigenvalue weighted by Crippen LogP contribution is 2.27. The van der Waals surface area contributed by atoms with Gasteiger partial charge in [-0.2, -0.15) is 8.78 Å². The molecule has 0 amide bonds. The molecule has 2 aliphatic rings. The van der Waals surface area contributed by atoms with Crippen molar-refractivity contribution in [3.05, 3.63) is 18.2 Å². The minimum Gasteiger partial charge on any atom is -0.316 e. The van der Waals surface area contributed by atoms with Crippen molar-refractivity contribution in [2.24, 2.45) is 11.8 Å². The number of hydrogen-bond donors (Lipinski definition) is 1. The van der Waals surface area contributed by atoms with Crippen molar-refractivity contribution in [2.45, 2.75) is 13.1 Å². The molecule has 2 aliphatic heterocycles. The highest BCUT2D eigenvalue weighted by atomic mass is 19.3. The predicted octanol–water partition coefficient (Wildman–Crippen LogP) is 0.929. The number of likely N-dealkylation sites (tertiary alicyclic amines) is 1. The largest absolute Gasteiger partial charge is 0.319 e. The van der Waals surface area contributed by atoms with Crippen molar-refractivity contribution in [3.63, 3.8) is 0 Å². The Bertz CT molecular complexity index is 381. The van der Waals surface area contributed by atoms with Gasteiger partial charge in [-0.1, -0.05) is 0 Å². The summed E-state index contributed by atoms with van der Waals surface area (Å²) in [6, 6.07) is 0. The lowest BCUT2D eigenvalue weighted by atomic mass is 10.0. The summed E-state index contributed by atoms with van der Waals surface area (Å²) in [7, 11) is 0. The second-order valence-electron chi connectivity index (χ2n) is 4.90. The third-order valence-electron chi connectivity index (χ3n) is 3.79. The molecule has 0 bridgehead atoms. The zero-order chi connectivity index (χ0) is 11.8. The Labute approximate surface area is 98.6 Å². The van der Waals surface area contributed by atoms with Crippen molar-refractivity contribution < 1.29 is 8.78 Å². The van der Waals surface area contributed by atoms with Crippen LogP contribution in [0.1, 0.15) is 12.4 Å². The molecule has 0 spiro atoms. The number of imidazole rings is 1. The van der Waals surface area contributed by atoms with Crippen LogP contribution in [0.3, 0.4) is 0 Å². The number of halogens is 2. The van der Waals surface area contributed by atoms with Gasteiger partial charge in [0, 0.05) is 25.5 Å². The van der Waals surface area contributed by atoms with E-state index in [1.54, 1.807) is 0 Å². The number of aromatic nitrogens is 2. The smallest absolute Gasteiger partial charge is 0.316 e. The van der Waals surface area contributed by atoms with E-state index in [0.29, 0.717) is 24.2 Å². The summed E-state index contributed by atoms with van der Waals surface area (Å²) in [5, 5.41) is 3.37. The van der Waals surface area contributed by atoms with Crippen LogP contribution in [0.15, 0.2) is 12.4 Å². The lowest BCUT2D eigenvalue weighted by molar-refractivity contribution is 0.0643. The Morgan fingerprint density at radius 1 is 1.35 bits per heavy atom. The van der Waals surface area contributed by atoms with Crippen LogP contribution in [-0.2, 0) is 6.54 Å². The zero-order valence-corrected chi connectivity index (χ0v) is 9.52. The van der Waals surface area contributed by atoms with Crippen molar-refractivity contribution >= 4 is 0 Å². The maximum Gasteiger partial charge on any atom is 0.319 e. The molecular weight excluding hydrogens is 226 g/mol. The molecule has 6 heteroatoms. The third kappa shape index (κ3) is 2.07. The first-order valence-electron chi connectivity index (χ1n) is 5.97. The molecule has 1 aromatic heterocycles. The first-order valence-corrected chi connectivity index (χ1v) is 5.97. The molecule has 0 radical (unpaired) electrons.